The van der Waals surface area contributed by atoms with E-state index < -0.39 is 17.4 Å². The number of rotatable bonds is 3. The number of carbonyl (C=O) groups excluding carboxylic acids is 1. The first-order chi connectivity index (χ1) is 9.92. The topological polar surface area (TPSA) is 82.5 Å². The molecule has 2 N–H and O–H groups in total. The smallest absolute Gasteiger partial charge is 0.327 e. The number of aliphatic carboxylic acids is 1. The van der Waals surface area contributed by atoms with Crippen molar-refractivity contribution in [2.45, 2.75) is 39.3 Å². The summed E-state index contributed by atoms with van der Waals surface area (Å²) in [6.07, 6.45) is 3.27. The van der Waals surface area contributed by atoms with Gasteiger partial charge in [0.2, 0.25) is 0 Å². The average molecular weight is 291 g/mol. The molecule has 1 aromatic rings. The number of carboxylic acids is 1. The molecule has 1 saturated heterocycles. The number of likely N-dealkylation sites (tertiary alicyclic amines) is 1. The predicted octanol–water partition coefficient (Wildman–Crippen LogP) is 1.87. The van der Waals surface area contributed by atoms with E-state index in [9.17, 15) is 14.7 Å². The lowest BCUT2D eigenvalue weighted by Gasteiger charge is -2.43. The second-order valence-electron chi connectivity index (χ2n) is 6.01. The number of hydrogen-bond donors (Lipinski definition) is 2. The largest absolute Gasteiger partial charge is 0.480 e. The fraction of sp³-hybridized carbons (Fsp3) is 0.533. The monoisotopic (exact) mass is 291 g/mol. The van der Waals surface area contributed by atoms with E-state index in [-0.39, 0.29) is 6.03 Å². The van der Waals surface area contributed by atoms with Crippen LogP contribution in [0.25, 0.3) is 0 Å². The van der Waals surface area contributed by atoms with Crippen LogP contribution in [0.1, 0.15) is 32.4 Å². The fourth-order valence-corrected chi connectivity index (χ4v) is 2.85. The van der Waals surface area contributed by atoms with Gasteiger partial charge < -0.3 is 15.3 Å². The number of hydrogen-bond acceptors (Lipinski definition) is 3. The van der Waals surface area contributed by atoms with Crippen LogP contribution in [0.4, 0.5) is 4.79 Å². The standard InChI is InChI=1S/C15H21N3O3/c1-15(2)7-5-9-18(12(15)13(19)20)14(21)17-10-11-6-3-4-8-16-11/h3-4,6,8,12H,5,7,9-10H2,1-2H3,(H,17,21)(H,19,20). The molecule has 0 aromatic carbocycles. The van der Waals surface area contributed by atoms with Crippen LogP contribution in [0.5, 0.6) is 0 Å². The zero-order valence-electron chi connectivity index (χ0n) is 12.4. The van der Waals surface area contributed by atoms with Gasteiger partial charge in [-0.3, -0.25) is 4.98 Å². The summed E-state index contributed by atoms with van der Waals surface area (Å²) in [4.78, 5) is 29.4. The third kappa shape index (κ3) is 3.51. The van der Waals surface area contributed by atoms with Crippen molar-refractivity contribution in [3.63, 3.8) is 0 Å². The molecule has 0 saturated carbocycles. The van der Waals surface area contributed by atoms with Gasteiger partial charge in [-0.15, -0.1) is 0 Å². The van der Waals surface area contributed by atoms with Crippen LogP contribution in [0.2, 0.25) is 0 Å². The lowest BCUT2D eigenvalue weighted by Crippen LogP contribution is -2.58. The molecule has 1 aliphatic rings. The average Bonchev–Trinajstić information content (AvgIpc) is 2.44. The molecule has 1 aromatic heterocycles. The predicted molar refractivity (Wildman–Crippen MR) is 77.6 cm³/mol. The van der Waals surface area contributed by atoms with E-state index >= 15 is 0 Å². The number of carbonyl (C=O) groups is 2. The van der Waals surface area contributed by atoms with Crippen molar-refractivity contribution < 1.29 is 14.7 Å². The summed E-state index contributed by atoms with van der Waals surface area (Å²) in [5.74, 6) is -0.951. The van der Waals surface area contributed by atoms with Gasteiger partial charge in [0, 0.05) is 12.7 Å². The quantitative estimate of drug-likeness (QED) is 0.890. The summed E-state index contributed by atoms with van der Waals surface area (Å²) in [6, 6.07) is 4.32. The highest BCUT2D eigenvalue weighted by Gasteiger charge is 2.44. The molecule has 1 fully saturated rings. The molecule has 0 spiro atoms. The van der Waals surface area contributed by atoms with Gasteiger partial charge in [0.05, 0.1) is 12.2 Å². The summed E-state index contributed by atoms with van der Waals surface area (Å²) in [5, 5.41) is 12.2. The summed E-state index contributed by atoms with van der Waals surface area (Å²) in [7, 11) is 0. The Morgan fingerprint density at radius 1 is 1.48 bits per heavy atom. The Morgan fingerprint density at radius 3 is 2.86 bits per heavy atom. The molecule has 6 heteroatoms. The van der Waals surface area contributed by atoms with Crippen molar-refractivity contribution >= 4 is 12.0 Å². The van der Waals surface area contributed by atoms with E-state index in [1.54, 1.807) is 12.3 Å². The van der Waals surface area contributed by atoms with E-state index in [4.69, 9.17) is 0 Å². The summed E-state index contributed by atoms with van der Waals surface area (Å²) < 4.78 is 0. The Hall–Kier alpha value is -2.11. The number of pyridine rings is 1. The summed E-state index contributed by atoms with van der Waals surface area (Å²) >= 11 is 0. The summed E-state index contributed by atoms with van der Waals surface area (Å²) in [6.45, 7) is 4.55. The minimum absolute atomic E-state index is 0.295. The second-order valence-corrected chi connectivity index (χ2v) is 6.01. The number of urea groups is 1. The SMILES string of the molecule is CC1(C)CCCN(C(=O)NCc2ccccn2)C1C(=O)O. The van der Waals surface area contributed by atoms with Crippen LogP contribution in [0.3, 0.4) is 0 Å². The van der Waals surface area contributed by atoms with Crippen molar-refractivity contribution in [3.05, 3.63) is 30.1 Å². The molecule has 0 radical (unpaired) electrons. The first-order valence-electron chi connectivity index (χ1n) is 7.09. The zero-order chi connectivity index (χ0) is 15.5. The highest BCUT2D eigenvalue weighted by Crippen LogP contribution is 2.35. The van der Waals surface area contributed by atoms with Gasteiger partial charge in [-0.25, -0.2) is 9.59 Å². The molecule has 1 atom stereocenters. The highest BCUT2D eigenvalue weighted by molar-refractivity contribution is 5.83. The molecule has 2 heterocycles. The van der Waals surface area contributed by atoms with Gasteiger partial charge in [0.1, 0.15) is 6.04 Å². The van der Waals surface area contributed by atoms with Crippen molar-refractivity contribution in [1.82, 2.24) is 15.2 Å². The van der Waals surface area contributed by atoms with E-state index in [2.05, 4.69) is 10.3 Å². The Bertz CT molecular complexity index is 516. The van der Waals surface area contributed by atoms with Crippen LogP contribution in [-0.2, 0) is 11.3 Å². The molecule has 2 amide bonds. The van der Waals surface area contributed by atoms with Crippen molar-refractivity contribution in [1.29, 1.82) is 0 Å². The maximum Gasteiger partial charge on any atom is 0.327 e. The molecular weight excluding hydrogens is 270 g/mol. The highest BCUT2D eigenvalue weighted by atomic mass is 16.4. The first-order valence-corrected chi connectivity index (χ1v) is 7.09. The molecule has 1 aliphatic heterocycles. The normalized spacial score (nSPS) is 20.9. The van der Waals surface area contributed by atoms with Gasteiger partial charge >= 0.3 is 12.0 Å². The van der Waals surface area contributed by atoms with Gasteiger partial charge in [-0.2, -0.15) is 0 Å². The Labute approximate surface area is 124 Å². The number of amides is 2. The van der Waals surface area contributed by atoms with E-state index in [0.717, 1.165) is 18.5 Å². The lowest BCUT2D eigenvalue weighted by molar-refractivity contribution is -0.148. The molecule has 2 rings (SSSR count). The van der Waals surface area contributed by atoms with E-state index in [1.165, 1.54) is 4.90 Å². The molecule has 0 aliphatic carbocycles. The van der Waals surface area contributed by atoms with Crippen molar-refractivity contribution in [2.75, 3.05) is 6.54 Å². The van der Waals surface area contributed by atoms with Crippen molar-refractivity contribution in [2.24, 2.45) is 5.41 Å². The molecule has 114 valence electrons. The van der Waals surface area contributed by atoms with Crippen LogP contribution in [-0.4, -0.2) is 39.6 Å². The van der Waals surface area contributed by atoms with Crippen LogP contribution >= 0.6 is 0 Å². The third-order valence-corrected chi connectivity index (χ3v) is 3.91. The van der Waals surface area contributed by atoms with Crippen LogP contribution in [0.15, 0.2) is 24.4 Å². The second kappa shape index (κ2) is 6.11. The van der Waals surface area contributed by atoms with Crippen molar-refractivity contribution in [3.8, 4) is 0 Å². The van der Waals surface area contributed by atoms with Gasteiger partial charge in [0.15, 0.2) is 0 Å². The number of aromatic nitrogens is 1. The molecule has 6 nitrogen and oxygen atoms in total. The number of nitrogens with zero attached hydrogens (tertiary/aromatic N) is 2. The van der Waals surface area contributed by atoms with Crippen LogP contribution < -0.4 is 5.32 Å². The zero-order valence-corrected chi connectivity index (χ0v) is 12.4. The van der Waals surface area contributed by atoms with Gasteiger partial charge in [0.25, 0.3) is 0 Å². The fourth-order valence-electron chi connectivity index (χ4n) is 2.85. The van der Waals surface area contributed by atoms with E-state index in [1.807, 2.05) is 26.0 Å². The molecular formula is C15H21N3O3. The minimum atomic E-state index is -0.951. The molecule has 1 unspecified atom stereocenters. The Morgan fingerprint density at radius 2 is 2.24 bits per heavy atom. The summed E-state index contributed by atoms with van der Waals surface area (Å²) in [5.41, 5.74) is 0.320. The third-order valence-electron chi connectivity index (χ3n) is 3.91. The first kappa shape index (κ1) is 15.3. The number of carboxylic acid groups (broad SMARTS) is 1. The van der Waals surface area contributed by atoms with Gasteiger partial charge in [-0.1, -0.05) is 19.9 Å². The Kier molecular flexibility index (Phi) is 4.45. The maximum absolute atomic E-state index is 12.3. The minimum Gasteiger partial charge on any atom is -0.480 e. The Balaban J connectivity index is 2.04. The number of nitrogens with one attached hydrogen (secondary N) is 1. The molecule has 0 bridgehead atoms. The number of piperidine rings is 1. The van der Waals surface area contributed by atoms with Crippen LogP contribution in [0, 0.1) is 5.41 Å². The molecule has 21 heavy (non-hydrogen) atoms. The van der Waals surface area contributed by atoms with E-state index in [0.29, 0.717) is 13.1 Å². The van der Waals surface area contributed by atoms with Gasteiger partial charge in [-0.05, 0) is 30.4 Å². The lowest BCUT2D eigenvalue weighted by atomic mass is 9.76. The maximum atomic E-state index is 12.3.